The van der Waals surface area contributed by atoms with Crippen molar-refractivity contribution in [2.75, 3.05) is 5.73 Å². The number of hydrogen-bond acceptors (Lipinski definition) is 3. The minimum absolute atomic E-state index is 0.0895. The minimum Gasteiger partial charge on any atom is -0.383 e. The zero-order valence-electron chi connectivity index (χ0n) is 7.63. The third-order valence-corrected chi connectivity index (χ3v) is 2.78. The van der Waals surface area contributed by atoms with Crippen LogP contribution in [-0.2, 0) is 0 Å². The standard InChI is InChI=1S/C9H14IN3/c1-2-3-8(11)6-4-7(10)9(12)13-5-6/h4-5,8H,2-3,11H2,1H3,(H2,12,13). The largest absolute Gasteiger partial charge is 0.383 e. The van der Waals surface area contributed by atoms with Gasteiger partial charge in [-0.2, -0.15) is 0 Å². The molecule has 0 aromatic carbocycles. The third-order valence-electron chi connectivity index (χ3n) is 1.92. The van der Waals surface area contributed by atoms with Gasteiger partial charge in [0, 0.05) is 12.2 Å². The fourth-order valence-corrected chi connectivity index (χ4v) is 1.64. The molecule has 3 nitrogen and oxygen atoms in total. The fraction of sp³-hybridized carbons (Fsp3) is 0.444. The molecule has 0 saturated carbocycles. The molecule has 72 valence electrons. The lowest BCUT2D eigenvalue weighted by molar-refractivity contribution is 0.636. The molecule has 1 unspecified atom stereocenters. The number of anilines is 1. The van der Waals surface area contributed by atoms with Crippen molar-refractivity contribution in [3.8, 4) is 0 Å². The Kier molecular flexibility index (Phi) is 3.92. The summed E-state index contributed by atoms with van der Waals surface area (Å²) >= 11 is 2.17. The van der Waals surface area contributed by atoms with Gasteiger partial charge in [0.05, 0.1) is 3.57 Å². The van der Waals surface area contributed by atoms with Crippen LogP contribution in [0.3, 0.4) is 0 Å². The average Bonchev–Trinajstić information content (AvgIpc) is 2.10. The summed E-state index contributed by atoms with van der Waals surface area (Å²) in [5, 5.41) is 0. The van der Waals surface area contributed by atoms with Gasteiger partial charge < -0.3 is 11.5 Å². The second-order valence-corrected chi connectivity index (χ2v) is 4.19. The summed E-state index contributed by atoms with van der Waals surface area (Å²) < 4.78 is 0.974. The fourth-order valence-electron chi connectivity index (χ4n) is 1.14. The first-order valence-corrected chi connectivity index (χ1v) is 5.39. The van der Waals surface area contributed by atoms with Crippen molar-refractivity contribution in [2.24, 2.45) is 5.73 Å². The monoisotopic (exact) mass is 291 g/mol. The van der Waals surface area contributed by atoms with E-state index in [4.69, 9.17) is 11.5 Å². The van der Waals surface area contributed by atoms with Crippen LogP contribution in [-0.4, -0.2) is 4.98 Å². The number of aromatic nitrogens is 1. The zero-order chi connectivity index (χ0) is 9.84. The molecule has 13 heavy (non-hydrogen) atoms. The van der Waals surface area contributed by atoms with E-state index < -0.39 is 0 Å². The van der Waals surface area contributed by atoms with Gasteiger partial charge in [-0.1, -0.05) is 13.3 Å². The van der Waals surface area contributed by atoms with Gasteiger partial charge in [0.25, 0.3) is 0 Å². The van der Waals surface area contributed by atoms with E-state index in [9.17, 15) is 0 Å². The first-order valence-electron chi connectivity index (χ1n) is 4.31. The minimum atomic E-state index is 0.0895. The van der Waals surface area contributed by atoms with Crippen LogP contribution in [0.4, 0.5) is 5.82 Å². The van der Waals surface area contributed by atoms with Gasteiger partial charge in [0.1, 0.15) is 5.82 Å². The molecule has 0 fully saturated rings. The maximum atomic E-state index is 5.94. The maximum absolute atomic E-state index is 5.94. The van der Waals surface area contributed by atoms with Gasteiger partial charge in [0.2, 0.25) is 0 Å². The molecular formula is C9H14IN3. The van der Waals surface area contributed by atoms with E-state index in [2.05, 4.69) is 34.5 Å². The molecule has 1 aromatic rings. The lowest BCUT2D eigenvalue weighted by Crippen LogP contribution is -2.11. The normalized spacial score (nSPS) is 12.8. The Labute approximate surface area is 92.1 Å². The lowest BCUT2D eigenvalue weighted by Gasteiger charge is -2.10. The van der Waals surface area contributed by atoms with Crippen LogP contribution < -0.4 is 11.5 Å². The lowest BCUT2D eigenvalue weighted by atomic mass is 10.1. The molecule has 0 aliphatic rings. The average molecular weight is 291 g/mol. The van der Waals surface area contributed by atoms with E-state index in [1.165, 1.54) is 0 Å². The topological polar surface area (TPSA) is 64.9 Å². The SMILES string of the molecule is CCCC(N)c1cnc(N)c(I)c1. The number of nitrogen functional groups attached to an aromatic ring is 1. The highest BCUT2D eigenvalue weighted by molar-refractivity contribution is 14.1. The summed E-state index contributed by atoms with van der Waals surface area (Å²) in [5.74, 6) is 0.577. The van der Waals surface area contributed by atoms with Crippen molar-refractivity contribution < 1.29 is 0 Å². The second-order valence-electron chi connectivity index (χ2n) is 3.03. The van der Waals surface area contributed by atoms with Crippen molar-refractivity contribution in [1.82, 2.24) is 4.98 Å². The molecule has 4 N–H and O–H groups in total. The van der Waals surface area contributed by atoms with Crippen LogP contribution >= 0.6 is 22.6 Å². The van der Waals surface area contributed by atoms with E-state index in [0.29, 0.717) is 5.82 Å². The molecule has 4 heteroatoms. The Hall–Kier alpha value is -0.360. The summed E-state index contributed by atoms with van der Waals surface area (Å²) in [6.45, 7) is 2.12. The van der Waals surface area contributed by atoms with Crippen LogP contribution in [0.2, 0.25) is 0 Å². The van der Waals surface area contributed by atoms with Gasteiger partial charge >= 0.3 is 0 Å². The van der Waals surface area contributed by atoms with Crippen molar-refractivity contribution >= 4 is 28.4 Å². The number of hydrogen-bond donors (Lipinski definition) is 2. The van der Waals surface area contributed by atoms with Crippen molar-refractivity contribution in [1.29, 1.82) is 0 Å². The number of halogens is 1. The first-order chi connectivity index (χ1) is 6.15. The first kappa shape index (κ1) is 10.7. The maximum Gasteiger partial charge on any atom is 0.136 e. The molecule has 0 aliphatic carbocycles. The molecule has 0 aliphatic heterocycles. The highest BCUT2D eigenvalue weighted by Crippen LogP contribution is 2.19. The summed E-state index contributed by atoms with van der Waals surface area (Å²) in [4.78, 5) is 4.07. The van der Waals surface area contributed by atoms with Gasteiger partial charge in [-0.25, -0.2) is 4.98 Å². The highest BCUT2D eigenvalue weighted by atomic mass is 127. The molecule has 0 spiro atoms. The zero-order valence-corrected chi connectivity index (χ0v) is 9.78. The van der Waals surface area contributed by atoms with Crippen LogP contribution in [0.5, 0.6) is 0 Å². The molecule has 1 rings (SSSR count). The van der Waals surface area contributed by atoms with Gasteiger partial charge in [-0.15, -0.1) is 0 Å². The van der Waals surface area contributed by atoms with Crippen LogP contribution in [0.25, 0.3) is 0 Å². The van der Waals surface area contributed by atoms with E-state index in [1.54, 1.807) is 6.20 Å². The Morgan fingerprint density at radius 1 is 1.62 bits per heavy atom. The van der Waals surface area contributed by atoms with Crippen LogP contribution in [0.15, 0.2) is 12.3 Å². The predicted octanol–water partition coefficient (Wildman–Crippen LogP) is 2.07. The number of pyridine rings is 1. The van der Waals surface area contributed by atoms with E-state index in [1.807, 2.05) is 6.07 Å². The van der Waals surface area contributed by atoms with E-state index in [0.717, 1.165) is 22.0 Å². The summed E-state index contributed by atoms with van der Waals surface area (Å²) in [7, 11) is 0. The second kappa shape index (κ2) is 4.76. The molecule has 0 amide bonds. The van der Waals surface area contributed by atoms with E-state index >= 15 is 0 Å². The number of nitrogens with zero attached hydrogens (tertiary/aromatic N) is 1. The molecule has 0 saturated heterocycles. The quantitative estimate of drug-likeness (QED) is 0.838. The van der Waals surface area contributed by atoms with Crippen molar-refractivity contribution in [2.45, 2.75) is 25.8 Å². The van der Waals surface area contributed by atoms with Gasteiger partial charge in [-0.3, -0.25) is 0 Å². The van der Waals surface area contributed by atoms with Crippen LogP contribution in [0, 0.1) is 3.57 Å². The molecule has 1 aromatic heterocycles. The molecule has 0 bridgehead atoms. The van der Waals surface area contributed by atoms with Gasteiger partial charge in [-0.05, 0) is 40.6 Å². The predicted molar refractivity (Wildman–Crippen MR) is 63.2 cm³/mol. The summed E-state index contributed by atoms with van der Waals surface area (Å²) in [6, 6.07) is 2.09. The Balaban J connectivity index is 2.84. The smallest absolute Gasteiger partial charge is 0.136 e. The third kappa shape index (κ3) is 2.80. The molecule has 1 heterocycles. The molecule has 0 radical (unpaired) electrons. The number of rotatable bonds is 3. The Morgan fingerprint density at radius 2 is 2.31 bits per heavy atom. The van der Waals surface area contributed by atoms with E-state index in [-0.39, 0.29) is 6.04 Å². The Bertz CT molecular complexity index is 288. The summed E-state index contributed by atoms with van der Waals surface area (Å²) in [5.41, 5.74) is 12.6. The highest BCUT2D eigenvalue weighted by Gasteiger charge is 2.06. The number of nitrogens with two attached hydrogens (primary N) is 2. The van der Waals surface area contributed by atoms with Gasteiger partial charge in [0.15, 0.2) is 0 Å². The summed E-state index contributed by atoms with van der Waals surface area (Å²) in [6.07, 6.45) is 3.83. The van der Waals surface area contributed by atoms with Crippen molar-refractivity contribution in [3.63, 3.8) is 0 Å². The molecule has 1 atom stereocenters. The van der Waals surface area contributed by atoms with Crippen molar-refractivity contribution in [3.05, 3.63) is 21.4 Å². The molecular weight excluding hydrogens is 277 g/mol. The van der Waals surface area contributed by atoms with Crippen LogP contribution in [0.1, 0.15) is 31.4 Å². The Morgan fingerprint density at radius 3 is 2.85 bits per heavy atom.